The highest BCUT2D eigenvalue weighted by Crippen LogP contribution is 2.44. The summed E-state index contributed by atoms with van der Waals surface area (Å²) < 4.78 is 11.0. The molecular formula is C20H26N2O5. The maximum Gasteiger partial charge on any atom is 0.427 e. The number of carboxylic acid groups (broad SMARTS) is 1. The summed E-state index contributed by atoms with van der Waals surface area (Å²) in [6.07, 6.45) is 6.28. The molecule has 2 aliphatic rings. The van der Waals surface area contributed by atoms with Crippen molar-refractivity contribution in [2.75, 3.05) is 6.61 Å². The summed E-state index contributed by atoms with van der Waals surface area (Å²) in [5, 5.41) is 13.1. The van der Waals surface area contributed by atoms with Gasteiger partial charge in [-0.2, -0.15) is 5.10 Å². The minimum atomic E-state index is -0.913. The predicted octanol–water partition coefficient (Wildman–Crippen LogP) is 3.23. The van der Waals surface area contributed by atoms with Gasteiger partial charge in [0.15, 0.2) is 0 Å². The molecule has 7 nitrogen and oxygen atoms in total. The number of benzene rings is 1. The van der Waals surface area contributed by atoms with Crippen LogP contribution in [0.2, 0.25) is 0 Å². The van der Waals surface area contributed by atoms with Gasteiger partial charge in [-0.1, -0.05) is 19.1 Å². The molecule has 4 atom stereocenters. The van der Waals surface area contributed by atoms with Gasteiger partial charge in [0, 0.05) is 12.1 Å². The van der Waals surface area contributed by atoms with Gasteiger partial charge in [0.2, 0.25) is 0 Å². The number of aromatic carboxylic acids is 1. The number of hydrogen-bond donors (Lipinski definition) is 2. The minimum Gasteiger partial charge on any atom is -0.478 e. The van der Waals surface area contributed by atoms with E-state index in [1.165, 1.54) is 0 Å². The summed E-state index contributed by atoms with van der Waals surface area (Å²) in [5.41, 5.74) is 3.82. The van der Waals surface area contributed by atoms with E-state index in [0.717, 1.165) is 37.7 Å². The van der Waals surface area contributed by atoms with E-state index in [1.807, 2.05) is 19.1 Å². The largest absolute Gasteiger partial charge is 0.478 e. The van der Waals surface area contributed by atoms with E-state index < -0.39 is 12.1 Å². The van der Waals surface area contributed by atoms with E-state index >= 15 is 0 Å². The molecule has 0 radical (unpaired) electrons. The van der Waals surface area contributed by atoms with Crippen LogP contribution in [-0.2, 0) is 15.9 Å². The molecule has 0 spiro atoms. The Morgan fingerprint density at radius 2 is 2.04 bits per heavy atom. The maximum absolute atomic E-state index is 11.5. The van der Waals surface area contributed by atoms with Gasteiger partial charge in [0.05, 0.1) is 24.4 Å². The highest BCUT2D eigenvalue weighted by Gasteiger charge is 2.47. The van der Waals surface area contributed by atoms with Gasteiger partial charge in [-0.05, 0) is 55.7 Å². The lowest BCUT2D eigenvalue weighted by Gasteiger charge is -2.25. The van der Waals surface area contributed by atoms with E-state index in [2.05, 4.69) is 10.5 Å². The molecule has 146 valence electrons. The lowest BCUT2D eigenvalue weighted by molar-refractivity contribution is 0.0696. The van der Waals surface area contributed by atoms with E-state index in [1.54, 1.807) is 18.3 Å². The third kappa shape index (κ3) is 4.86. The topological polar surface area (TPSA) is 97.2 Å². The smallest absolute Gasteiger partial charge is 0.427 e. The normalized spacial score (nSPS) is 26.4. The molecule has 1 aromatic rings. The lowest BCUT2D eigenvalue weighted by atomic mass is 9.77. The van der Waals surface area contributed by atoms with Gasteiger partial charge in [-0.25, -0.2) is 15.0 Å². The standard InChI is InChI=1S/C20H26N2O5/c1-2-11-26-20(25)22-21-12-16-15(17-9-10-18(16)27-17)8-5-13-3-6-14(7-4-13)19(23)24/h3-4,6-7,12,15-18H,2,5,8-11H2,1H3,(H,22,25)(H,23,24)/t15-,16+,17-,18+/m1/s1. The first-order chi connectivity index (χ1) is 13.1. The molecule has 2 N–H and O–H groups in total. The van der Waals surface area contributed by atoms with Crippen LogP contribution >= 0.6 is 0 Å². The van der Waals surface area contributed by atoms with Gasteiger partial charge in [0.25, 0.3) is 0 Å². The molecule has 2 aliphatic heterocycles. The Balaban J connectivity index is 1.55. The zero-order valence-corrected chi connectivity index (χ0v) is 15.5. The van der Waals surface area contributed by atoms with Crippen LogP contribution in [0.5, 0.6) is 0 Å². The van der Waals surface area contributed by atoms with E-state index in [9.17, 15) is 9.59 Å². The van der Waals surface area contributed by atoms with Crippen molar-refractivity contribution in [2.45, 2.75) is 51.2 Å². The molecule has 7 heteroatoms. The Morgan fingerprint density at radius 1 is 1.30 bits per heavy atom. The van der Waals surface area contributed by atoms with Crippen molar-refractivity contribution in [3.05, 3.63) is 35.4 Å². The first-order valence-electron chi connectivity index (χ1n) is 9.52. The number of nitrogens with zero attached hydrogens (tertiary/aromatic N) is 1. The number of carboxylic acids is 1. The van der Waals surface area contributed by atoms with Crippen molar-refractivity contribution in [1.82, 2.24) is 5.43 Å². The number of fused-ring (bicyclic) bond motifs is 2. The number of carbonyl (C=O) groups excluding carboxylic acids is 1. The molecule has 1 amide bonds. The van der Waals surface area contributed by atoms with Crippen LogP contribution in [0, 0.1) is 11.8 Å². The summed E-state index contributed by atoms with van der Waals surface area (Å²) >= 11 is 0. The first-order valence-corrected chi connectivity index (χ1v) is 9.52. The van der Waals surface area contributed by atoms with Crippen LogP contribution in [0.4, 0.5) is 4.79 Å². The first kappa shape index (κ1) is 19.4. The zero-order valence-electron chi connectivity index (χ0n) is 15.5. The molecule has 2 bridgehead atoms. The molecule has 2 fully saturated rings. The second-order valence-electron chi connectivity index (χ2n) is 7.10. The number of aryl methyl sites for hydroxylation is 1. The number of hydrazone groups is 1. The number of hydrogen-bond acceptors (Lipinski definition) is 5. The molecule has 2 saturated heterocycles. The molecule has 1 aromatic carbocycles. The molecule has 0 unspecified atom stereocenters. The molecule has 0 saturated carbocycles. The second kappa shape index (κ2) is 8.99. The molecular weight excluding hydrogens is 348 g/mol. The van der Waals surface area contributed by atoms with Crippen molar-refractivity contribution >= 4 is 18.3 Å². The van der Waals surface area contributed by atoms with Crippen LogP contribution in [-0.4, -0.2) is 42.2 Å². The van der Waals surface area contributed by atoms with Crippen molar-refractivity contribution in [3.63, 3.8) is 0 Å². The Morgan fingerprint density at radius 3 is 2.74 bits per heavy atom. The summed E-state index contributed by atoms with van der Waals surface area (Å²) in [6, 6.07) is 7.01. The molecule has 0 aliphatic carbocycles. The Bertz CT molecular complexity index is 688. The van der Waals surface area contributed by atoms with Crippen LogP contribution in [0.25, 0.3) is 0 Å². The monoisotopic (exact) mass is 374 g/mol. The van der Waals surface area contributed by atoms with Crippen molar-refractivity contribution in [2.24, 2.45) is 16.9 Å². The third-order valence-corrected chi connectivity index (χ3v) is 5.29. The van der Waals surface area contributed by atoms with Crippen LogP contribution in [0.1, 0.15) is 48.5 Å². The average Bonchev–Trinajstić information content (AvgIpc) is 3.27. The Hall–Kier alpha value is -2.41. The molecule has 27 heavy (non-hydrogen) atoms. The second-order valence-corrected chi connectivity index (χ2v) is 7.10. The number of nitrogens with one attached hydrogen (secondary N) is 1. The predicted molar refractivity (Wildman–Crippen MR) is 99.9 cm³/mol. The summed E-state index contributed by atoms with van der Waals surface area (Å²) in [4.78, 5) is 22.4. The van der Waals surface area contributed by atoms with Crippen LogP contribution in [0.15, 0.2) is 29.4 Å². The quantitative estimate of drug-likeness (QED) is 0.538. The highest BCUT2D eigenvalue weighted by molar-refractivity contribution is 5.87. The van der Waals surface area contributed by atoms with Gasteiger partial charge in [-0.3, -0.25) is 0 Å². The lowest BCUT2D eigenvalue weighted by Crippen LogP contribution is -2.30. The van der Waals surface area contributed by atoms with E-state index in [4.69, 9.17) is 14.6 Å². The fourth-order valence-electron chi connectivity index (χ4n) is 3.95. The molecule has 0 aromatic heterocycles. The SMILES string of the molecule is CCCOC(=O)NN=C[C@H]1[C@@H](CCc2ccc(C(=O)O)cc2)[C@H]2CC[C@@H]1O2. The fourth-order valence-corrected chi connectivity index (χ4v) is 3.95. The van der Waals surface area contributed by atoms with E-state index in [0.29, 0.717) is 18.1 Å². The van der Waals surface area contributed by atoms with Crippen molar-refractivity contribution in [1.29, 1.82) is 0 Å². The number of ether oxygens (including phenoxy) is 2. The number of rotatable bonds is 8. The van der Waals surface area contributed by atoms with Crippen molar-refractivity contribution in [3.8, 4) is 0 Å². The summed E-state index contributed by atoms with van der Waals surface area (Å²) in [5.74, 6) is -0.391. The molecule has 2 heterocycles. The Kier molecular flexibility index (Phi) is 6.45. The minimum absolute atomic E-state index is 0.159. The zero-order chi connectivity index (χ0) is 19.2. The van der Waals surface area contributed by atoms with Crippen LogP contribution < -0.4 is 5.43 Å². The number of amides is 1. The molecule has 3 rings (SSSR count). The highest BCUT2D eigenvalue weighted by atomic mass is 16.6. The summed E-state index contributed by atoms with van der Waals surface area (Å²) in [6.45, 7) is 2.31. The number of carbonyl (C=O) groups is 2. The Labute approximate surface area is 158 Å². The van der Waals surface area contributed by atoms with Crippen LogP contribution in [0.3, 0.4) is 0 Å². The van der Waals surface area contributed by atoms with Gasteiger partial charge in [0.1, 0.15) is 0 Å². The average molecular weight is 374 g/mol. The van der Waals surface area contributed by atoms with Gasteiger partial charge >= 0.3 is 12.1 Å². The maximum atomic E-state index is 11.5. The van der Waals surface area contributed by atoms with E-state index in [-0.39, 0.29) is 18.1 Å². The van der Waals surface area contributed by atoms with Crippen molar-refractivity contribution < 1.29 is 24.2 Å². The van der Waals surface area contributed by atoms with Gasteiger partial charge in [-0.15, -0.1) is 0 Å². The third-order valence-electron chi connectivity index (χ3n) is 5.29. The fraction of sp³-hybridized carbons (Fsp3) is 0.550. The van der Waals surface area contributed by atoms with Gasteiger partial charge < -0.3 is 14.6 Å². The summed E-state index contributed by atoms with van der Waals surface area (Å²) in [7, 11) is 0.